The molecule has 0 aliphatic carbocycles. The van der Waals surface area contributed by atoms with Crippen LogP contribution in [0.25, 0.3) is 0 Å². The first-order valence-corrected chi connectivity index (χ1v) is 6.44. The molecule has 0 spiro atoms. The van der Waals surface area contributed by atoms with E-state index in [1.807, 2.05) is 0 Å². The van der Waals surface area contributed by atoms with E-state index in [2.05, 4.69) is 13.8 Å². The molecule has 1 nitrogen and oxygen atoms in total. The molecule has 0 saturated heterocycles. The van der Waals surface area contributed by atoms with Crippen LogP contribution in [0.15, 0.2) is 24.3 Å². The summed E-state index contributed by atoms with van der Waals surface area (Å²) in [5.74, 6) is -2.51. The summed E-state index contributed by atoms with van der Waals surface area (Å²) < 4.78 is 28.5. The van der Waals surface area contributed by atoms with Crippen molar-refractivity contribution in [2.24, 2.45) is 11.1 Å². The van der Waals surface area contributed by atoms with Crippen molar-refractivity contribution in [1.29, 1.82) is 0 Å². The largest absolute Gasteiger partial charge is 0.330 e. The lowest BCUT2D eigenvalue weighted by Gasteiger charge is -2.33. The Bertz CT molecular complexity index is 382. The fourth-order valence-electron chi connectivity index (χ4n) is 1.78. The van der Waals surface area contributed by atoms with Crippen LogP contribution < -0.4 is 5.73 Å². The van der Waals surface area contributed by atoms with Gasteiger partial charge in [0.2, 0.25) is 0 Å². The Morgan fingerprint density at radius 3 is 2.06 bits per heavy atom. The van der Waals surface area contributed by atoms with Gasteiger partial charge in [-0.05, 0) is 17.9 Å². The molecule has 1 aromatic carbocycles. The lowest BCUT2D eigenvalue weighted by molar-refractivity contribution is -0.108. The zero-order valence-corrected chi connectivity index (χ0v) is 11.6. The number of rotatable bonds is 5. The SMILES string of the molecule is CCC(C)c1ccc(C(F)(F)C(C)(C)CN)cc1. The Morgan fingerprint density at radius 1 is 1.17 bits per heavy atom. The van der Waals surface area contributed by atoms with Gasteiger partial charge >= 0.3 is 0 Å². The molecule has 0 aromatic heterocycles. The van der Waals surface area contributed by atoms with E-state index in [0.717, 1.165) is 12.0 Å². The van der Waals surface area contributed by atoms with Gasteiger partial charge in [0.05, 0.1) is 0 Å². The summed E-state index contributed by atoms with van der Waals surface area (Å²) in [7, 11) is 0. The molecule has 1 rings (SSSR count). The highest BCUT2D eigenvalue weighted by atomic mass is 19.3. The fraction of sp³-hybridized carbons (Fsp3) is 0.600. The van der Waals surface area contributed by atoms with Gasteiger partial charge in [-0.15, -0.1) is 0 Å². The normalized spacial score (nSPS) is 14.6. The van der Waals surface area contributed by atoms with Gasteiger partial charge in [0.25, 0.3) is 5.92 Å². The second-order valence-electron chi connectivity index (χ2n) is 5.59. The predicted octanol–water partition coefficient (Wildman–Crippen LogP) is 4.28. The Balaban J connectivity index is 3.05. The van der Waals surface area contributed by atoms with Crippen LogP contribution >= 0.6 is 0 Å². The van der Waals surface area contributed by atoms with Gasteiger partial charge in [0.15, 0.2) is 0 Å². The molecule has 0 radical (unpaired) electrons. The lowest BCUT2D eigenvalue weighted by Crippen LogP contribution is -2.40. The summed E-state index contributed by atoms with van der Waals surface area (Å²) in [6.45, 7) is 7.12. The third kappa shape index (κ3) is 2.72. The van der Waals surface area contributed by atoms with E-state index >= 15 is 0 Å². The molecule has 0 bridgehead atoms. The zero-order valence-electron chi connectivity index (χ0n) is 11.6. The summed E-state index contributed by atoms with van der Waals surface area (Å²) in [6.07, 6.45) is 1.00. The van der Waals surface area contributed by atoms with Crippen LogP contribution in [0.3, 0.4) is 0 Å². The number of alkyl halides is 2. The van der Waals surface area contributed by atoms with Crippen molar-refractivity contribution in [3.8, 4) is 0 Å². The fourth-order valence-corrected chi connectivity index (χ4v) is 1.78. The highest BCUT2D eigenvalue weighted by Crippen LogP contribution is 2.44. The maximum absolute atomic E-state index is 14.3. The Morgan fingerprint density at radius 2 is 1.67 bits per heavy atom. The number of halogens is 2. The van der Waals surface area contributed by atoms with Crippen LogP contribution in [-0.2, 0) is 5.92 Å². The maximum Gasteiger partial charge on any atom is 0.279 e. The van der Waals surface area contributed by atoms with Gasteiger partial charge in [0, 0.05) is 17.5 Å². The Hall–Kier alpha value is -0.960. The number of nitrogens with two attached hydrogens (primary N) is 1. The summed E-state index contributed by atoms with van der Waals surface area (Å²) in [6, 6.07) is 6.64. The van der Waals surface area contributed by atoms with Crippen molar-refractivity contribution >= 4 is 0 Å². The van der Waals surface area contributed by atoms with Crippen molar-refractivity contribution in [2.45, 2.75) is 46.0 Å². The second-order valence-corrected chi connectivity index (χ2v) is 5.59. The average Bonchev–Trinajstić information content (AvgIpc) is 2.37. The molecule has 18 heavy (non-hydrogen) atoms. The first kappa shape index (κ1) is 15.1. The van der Waals surface area contributed by atoms with Crippen LogP contribution in [0, 0.1) is 5.41 Å². The third-order valence-corrected chi connectivity index (χ3v) is 3.81. The molecule has 3 heteroatoms. The molecule has 1 aromatic rings. The molecule has 0 fully saturated rings. The van der Waals surface area contributed by atoms with E-state index in [4.69, 9.17) is 5.73 Å². The highest BCUT2D eigenvalue weighted by Gasteiger charge is 2.46. The van der Waals surface area contributed by atoms with E-state index in [-0.39, 0.29) is 12.1 Å². The molecule has 1 unspecified atom stereocenters. The monoisotopic (exact) mass is 255 g/mol. The van der Waals surface area contributed by atoms with Crippen molar-refractivity contribution in [3.63, 3.8) is 0 Å². The van der Waals surface area contributed by atoms with Gasteiger partial charge in [-0.2, -0.15) is 0 Å². The van der Waals surface area contributed by atoms with E-state index in [1.54, 1.807) is 12.1 Å². The molecular weight excluding hydrogens is 232 g/mol. The van der Waals surface area contributed by atoms with Crippen molar-refractivity contribution < 1.29 is 8.78 Å². The Labute approximate surface area is 108 Å². The first-order chi connectivity index (χ1) is 8.26. The minimum Gasteiger partial charge on any atom is -0.330 e. The zero-order chi connectivity index (χ0) is 14.0. The quantitative estimate of drug-likeness (QED) is 0.835. The highest BCUT2D eigenvalue weighted by molar-refractivity contribution is 5.29. The average molecular weight is 255 g/mol. The van der Waals surface area contributed by atoms with E-state index in [0.29, 0.717) is 5.92 Å². The molecule has 0 aliphatic rings. The van der Waals surface area contributed by atoms with Crippen LogP contribution in [0.4, 0.5) is 8.78 Å². The van der Waals surface area contributed by atoms with Gasteiger partial charge in [-0.3, -0.25) is 0 Å². The molecular formula is C15H23F2N. The molecule has 1 atom stereocenters. The maximum atomic E-state index is 14.3. The van der Waals surface area contributed by atoms with Crippen molar-refractivity contribution in [1.82, 2.24) is 0 Å². The van der Waals surface area contributed by atoms with Gasteiger partial charge in [-0.25, -0.2) is 8.78 Å². The Kier molecular flexibility index (Phi) is 4.49. The van der Waals surface area contributed by atoms with Crippen LogP contribution in [-0.4, -0.2) is 6.54 Å². The molecule has 0 heterocycles. The molecule has 102 valence electrons. The van der Waals surface area contributed by atoms with Crippen molar-refractivity contribution in [2.75, 3.05) is 6.54 Å². The van der Waals surface area contributed by atoms with E-state index in [9.17, 15) is 8.78 Å². The topological polar surface area (TPSA) is 26.0 Å². The first-order valence-electron chi connectivity index (χ1n) is 6.44. The van der Waals surface area contributed by atoms with Crippen molar-refractivity contribution in [3.05, 3.63) is 35.4 Å². The summed E-state index contributed by atoms with van der Waals surface area (Å²) in [5.41, 5.74) is 5.36. The summed E-state index contributed by atoms with van der Waals surface area (Å²) in [4.78, 5) is 0. The smallest absolute Gasteiger partial charge is 0.279 e. The van der Waals surface area contributed by atoms with Gasteiger partial charge in [-0.1, -0.05) is 52.0 Å². The lowest BCUT2D eigenvalue weighted by atomic mass is 9.81. The number of hydrogen-bond acceptors (Lipinski definition) is 1. The predicted molar refractivity (Wildman–Crippen MR) is 71.9 cm³/mol. The van der Waals surface area contributed by atoms with Gasteiger partial charge in [0.1, 0.15) is 0 Å². The van der Waals surface area contributed by atoms with E-state index < -0.39 is 11.3 Å². The molecule has 0 saturated carbocycles. The standard InChI is InChI=1S/C15H23F2N/c1-5-11(2)12-6-8-13(9-7-12)15(16,17)14(3,4)10-18/h6-9,11H,5,10,18H2,1-4H3. The van der Waals surface area contributed by atoms with Crippen LogP contribution in [0.1, 0.15) is 51.2 Å². The third-order valence-electron chi connectivity index (χ3n) is 3.81. The summed E-state index contributed by atoms with van der Waals surface area (Å²) in [5, 5.41) is 0. The van der Waals surface area contributed by atoms with Crippen LogP contribution in [0.2, 0.25) is 0 Å². The number of hydrogen-bond donors (Lipinski definition) is 1. The molecule has 0 aliphatic heterocycles. The van der Waals surface area contributed by atoms with Crippen LogP contribution in [0.5, 0.6) is 0 Å². The molecule has 0 amide bonds. The minimum atomic E-state index is -2.91. The van der Waals surface area contributed by atoms with E-state index in [1.165, 1.54) is 26.0 Å². The minimum absolute atomic E-state index is 0.0463. The van der Waals surface area contributed by atoms with Gasteiger partial charge < -0.3 is 5.73 Å². The number of benzene rings is 1. The molecule has 2 N–H and O–H groups in total. The summed E-state index contributed by atoms with van der Waals surface area (Å²) >= 11 is 0. The second kappa shape index (κ2) is 5.35.